The van der Waals surface area contributed by atoms with E-state index in [1.54, 1.807) is 0 Å². The van der Waals surface area contributed by atoms with Crippen molar-refractivity contribution >= 4 is 29.9 Å². The number of ether oxygens (including phenoxy) is 2. The first kappa shape index (κ1) is 23.7. The minimum atomic E-state index is -4.50. The summed E-state index contributed by atoms with van der Waals surface area (Å²) >= 11 is 0. The lowest BCUT2D eigenvalue weighted by atomic mass is 10.2. The van der Waals surface area contributed by atoms with Crippen molar-refractivity contribution in [2.24, 2.45) is 10.7 Å². The number of aromatic nitrogens is 1. The van der Waals surface area contributed by atoms with E-state index < -0.39 is 17.6 Å². The van der Waals surface area contributed by atoms with Gasteiger partial charge in [-0.05, 0) is 18.6 Å². The number of hydrogen-bond acceptors (Lipinski definition) is 5. The van der Waals surface area contributed by atoms with Crippen LogP contribution in [0.4, 0.5) is 13.2 Å². The lowest BCUT2D eigenvalue weighted by molar-refractivity contribution is -0.139. The van der Waals surface area contributed by atoms with Crippen molar-refractivity contribution in [3.05, 3.63) is 23.9 Å². The van der Waals surface area contributed by atoms with Gasteiger partial charge in [-0.25, -0.2) is 4.98 Å². The van der Waals surface area contributed by atoms with Gasteiger partial charge in [-0.3, -0.25) is 9.89 Å². The quantitative estimate of drug-likeness (QED) is 0.243. The molecule has 2 heterocycles. The van der Waals surface area contributed by atoms with Crippen LogP contribution >= 0.6 is 24.0 Å². The van der Waals surface area contributed by atoms with Crippen LogP contribution in [0.25, 0.3) is 0 Å². The third-order valence-electron chi connectivity index (χ3n) is 3.74. The van der Waals surface area contributed by atoms with E-state index in [4.69, 9.17) is 15.2 Å². The molecule has 0 amide bonds. The van der Waals surface area contributed by atoms with Crippen molar-refractivity contribution < 1.29 is 22.6 Å². The Bertz CT molecular complexity index is 583. The minimum Gasteiger partial charge on any atom is -0.475 e. The molecule has 0 radical (unpaired) electrons. The molecule has 1 saturated heterocycles. The average Bonchev–Trinajstić information content (AvgIpc) is 2.63. The number of nitrogens with zero attached hydrogens (tertiary/aromatic N) is 3. The van der Waals surface area contributed by atoms with Crippen LogP contribution in [0.1, 0.15) is 12.0 Å². The molecule has 2 rings (SSSR count). The number of aliphatic imine (C=N–C) groups is 1. The van der Waals surface area contributed by atoms with E-state index in [1.807, 2.05) is 0 Å². The van der Waals surface area contributed by atoms with Gasteiger partial charge >= 0.3 is 6.18 Å². The summed E-state index contributed by atoms with van der Waals surface area (Å²) in [6, 6.07) is 2.15. The van der Waals surface area contributed by atoms with Gasteiger partial charge in [0.1, 0.15) is 12.2 Å². The summed E-state index contributed by atoms with van der Waals surface area (Å²) in [5.41, 5.74) is 4.83. The number of nitrogens with two attached hydrogens (primary N) is 1. The van der Waals surface area contributed by atoms with Gasteiger partial charge in [0.15, 0.2) is 5.96 Å². The number of guanidine groups is 1. The molecule has 1 aromatic heterocycles. The third-order valence-corrected chi connectivity index (χ3v) is 3.74. The maximum atomic E-state index is 12.8. The largest absolute Gasteiger partial charge is 0.475 e. The summed E-state index contributed by atoms with van der Waals surface area (Å²) in [6.07, 6.45) is -2.37. The van der Waals surface area contributed by atoms with E-state index in [1.165, 1.54) is 12.3 Å². The first-order chi connectivity index (χ1) is 12.5. The molecule has 0 spiro atoms. The van der Waals surface area contributed by atoms with Crippen LogP contribution in [-0.4, -0.2) is 68.4 Å². The molecule has 0 aliphatic carbocycles. The molecule has 0 saturated carbocycles. The fraction of sp³-hybridized carbons (Fsp3) is 0.625. The summed E-state index contributed by atoms with van der Waals surface area (Å²) in [6.45, 7) is 5.12. The second-order valence-corrected chi connectivity index (χ2v) is 5.70. The highest BCUT2D eigenvalue weighted by Crippen LogP contribution is 2.34. The minimum absolute atomic E-state index is 0. The average molecular weight is 503 g/mol. The third kappa shape index (κ3) is 8.93. The van der Waals surface area contributed by atoms with Gasteiger partial charge in [0, 0.05) is 32.4 Å². The van der Waals surface area contributed by atoms with E-state index in [9.17, 15) is 13.2 Å². The molecular formula is C16H25F3IN5O2. The molecule has 11 heteroatoms. The SMILES string of the molecule is I.NC(=NCCCN1CCOCC1)NCCOc1ncccc1C(F)(F)F. The summed E-state index contributed by atoms with van der Waals surface area (Å²) < 4.78 is 48.8. The van der Waals surface area contributed by atoms with Crippen LogP contribution < -0.4 is 15.8 Å². The molecule has 1 aromatic rings. The van der Waals surface area contributed by atoms with Gasteiger partial charge in [-0.1, -0.05) is 0 Å². The maximum absolute atomic E-state index is 12.8. The predicted octanol–water partition coefficient (Wildman–Crippen LogP) is 1.72. The Morgan fingerprint density at radius 3 is 2.81 bits per heavy atom. The number of alkyl halides is 3. The fourth-order valence-electron chi connectivity index (χ4n) is 2.42. The molecule has 154 valence electrons. The number of nitrogens with one attached hydrogen (secondary N) is 1. The Balaban J connectivity index is 0.00000364. The zero-order chi connectivity index (χ0) is 18.8. The Morgan fingerprint density at radius 1 is 1.37 bits per heavy atom. The van der Waals surface area contributed by atoms with E-state index in [0.717, 1.165) is 45.3 Å². The molecule has 1 fully saturated rings. The normalized spacial score (nSPS) is 15.9. The van der Waals surface area contributed by atoms with Crippen molar-refractivity contribution in [3.8, 4) is 5.88 Å². The second kappa shape index (κ2) is 12.2. The highest BCUT2D eigenvalue weighted by molar-refractivity contribution is 14.0. The summed E-state index contributed by atoms with van der Waals surface area (Å²) in [7, 11) is 0. The van der Waals surface area contributed by atoms with Crippen LogP contribution in [0.3, 0.4) is 0 Å². The van der Waals surface area contributed by atoms with Gasteiger partial charge in [-0.15, -0.1) is 24.0 Å². The fourth-order valence-corrected chi connectivity index (χ4v) is 2.42. The zero-order valence-electron chi connectivity index (χ0n) is 14.9. The summed E-state index contributed by atoms with van der Waals surface area (Å²) in [4.78, 5) is 10.1. The van der Waals surface area contributed by atoms with Crippen molar-refractivity contribution in [2.75, 3.05) is 52.5 Å². The van der Waals surface area contributed by atoms with E-state index >= 15 is 0 Å². The number of hydrogen-bond donors (Lipinski definition) is 2. The second-order valence-electron chi connectivity index (χ2n) is 5.70. The molecule has 0 aromatic carbocycles. The molecular weight excluding hydrogens is 478 g/mol. The van der Waals surface area contributed by atoms with Gasteiger partial charge in [0.05, 0.1) is 19.8 Å². The van der Waals surface area contributed by atoms with Gasteiger partial charge in [0.2, 0.25) is 5.88 Å². The van der Waals surface area contributed by atoms with Gasteiger partial charge in [0.25, 0.3) is 0 Å². The van der Waals surface area contributed by atoms with Crippen molar-refractivity contribution in [3.63, 3.8) is 0 Å². The van der Waals surface area contributed by atoms with Gasteiger partial charge in [-0.2, -0.15) is 13.2 Å². The standard InChI is InChI=1S/C16H24F3N5O2.HI/c17-16(18,19)13-3-1-4-21-14(13)26-10-6-23-15(20)22-5-2-7-24-8-11-25-12-9-24;/h1,3-4H,2,5-12H2,(H3,20,22,23);1H. The predicted molar refractivity (Wildman–Crippen MR) is 107 cm³/mol. The van der Waals surface area contributed by atoms with Crippen LogP contribution in [-0.2, 0) is 10.9 Å². The Kier molecular flexibility index (Phi) is 10.7. The van der Waals surface area contributed by atoms with Crippen molar-refractivity contribution in [1.82, 2.24) is 15.2 Å². The highest BCUT2D eigenvalue weighted by atomic mass is 127. The Labute approximate surface area is 173 Å². The number of morpholine rings is 1. The molecule has 7 nitrogen and oxygen atoms in total. The van der Waals surface area contributed by atoms with E-state index in [-0.39, 0.29) is 43.1 Å². The van der Waals surface area contributed by atoms with Gasteiger partial charge < -0.3 is 20.5 Å². The summed E-state index contributed by atoms with van der Waals surface area (Å²) in [5, 5.41) is 2.81. The van der Waals surface area contributed by atoms with Crippen LogP contribution in [0.15, 0.2) is 23.3 Å². The lowest BCUT2D eigenvalue weighted by Crippen LogP contribution is -2.37. The smallest absolute Gasteiger partial charge is 0.421 e. The monoisotopic (exact) mass is 503 g/mol. The summed E-state index contributed by atoms with van der Waals surface area (Å²) in [5.74, 6) is -0.199. The Morgan fingerprint density at radius 2 is 2.11 bits per heavy atom. The first-order valence-electron chi connectivity index (χ1n) is 8.45. The zero-order valence-corrected chi connectivity index (χ0v) is 17.2. The van der Waals surface area contributed by atoms with Crippen LogP contribution in [0.5, 0.6) is 5.88 Å². The first-order valence-corrected chi connectivity index (χ1v) is 8.45. The van der Waals surface area contributed by atoms with E-state index in [2.05, 4.69) is 20.2 Å². The number of pyridine rings is 1. The Hall–Kier alpha value is -1.34. The molecule has 27 heavy (non-hydrogen) atoms. The topological polar surface area (TPSA) is 85.0 Å². The molecule has 0 unspecified atom stereocenters. The van der Waals surface area contributed by atoms with Crippen molar-refractivity contribution in [1.29, 1.82) is 0 Å². The van der Waals surface area contributed by atoms with Crippen LogP contribution in [0.2, 0.25) is 0 Å². The molecule has 0 bridgehead atoms. The molecule has 1 aliphatic rings. The van der Waals surface area contributed by atoms with Crippen LogP contribution in [0, 0.1) is 0 Å². The number of halogens is 4. The van der Waals surface area contributed by atoms with Crippen molar-refractivity contribution in [2.45, 2.75) is 12.6 Å². The number of rotatable bonds is 8. The molecule has 0 atom stereocenters. The maximum Gasteiger partial charge on any atom is 0.421 e. The molecule has 1 aliphatic heterocycles. The molecule has 3 N–H and O–H groups in total. The van der Waals surface area contributed by atoms with E-state index in [0.29, 0.717) is 6.54 Å². The highest BCUT2D eigenvalue weighted by Gasteiger charge is 2.34. The lowest BCUT2D eigenvalue weighted by Gasteiger charge is -2.26.